The van der Waals surface area contributed by atoms with Crippen molar-refractivity contribution in [3.05, 3.63) is 65.4 Å². The minimum atomic E-state index is -0.139. The average Bonchev–Trinajstić information content (AvgIpc) is 3.32. The summed E-state index contributed by atoms with van der Waals surface area (Å²) in [6.45, 7) is 3.85. The van der Waals surface area contributed by atoms with Gasteiger partial charge in [-0.1, -0.05) is 25.3 Å². The monoisotopic (exact) mass is 475 g/mol. The van der Waals surface area contributed by atoms with Gasteiger partial charge in [-0.15, -0.1) is 11.3 Å². The summed E-state index contributed by atoms with van der Waals surface area (Å²) in [6, 6.07) is 13.5. The second-order valence-electron chi connectivity index (χ2n) is 9.58. The zero-order chi connectivity index (χ0) is 23.1. The second kappa shape index (κ2) is 8.82. The lowest BCUT2D eigenvalue weighted by atomic mass is 9.74. The van der Waals surface area contributed by atoms with E-state index in [4.69, 9.17) is 9.72 Å². The smallest absolute Gasteiger partial charge is 0.123 e. The molecule has 34 heavy (non-hydrogen) atoms. The normalized spacial score (nSPS) is 19.1. The molecule has 176 valence electrons. The van der Waals surface area contributed by atoms with Crippen LogP contribution in [0.4, 0.5) is 10.1 Å². The van der Waals surface area contributed by atoms with Gasteiger partial charge in [-0.3, -0.25) is 9.88 Å². The number of rotatable bonds is 4. The first kappa shape index (κ1) is 21.8. The average molecular weight is 476 g/mol. The molecule has 0 atom stereocenters. The van der Waals surface area contributed by atoms with Crippen LogP contribution in [-0.4, -0.2) is 43.2 Å². The van der Waals surface area contributed by atoms with Gasteiger partial charge in [0.1, 0.15) is 11.6 Å². The highest BCUT2D eigenvalue weighted by molar-refractivity contribution is 7.17. The van der Waals surface area contributed by atoms with Crippen molar-refractivity contribution in [3.8, 4) is 5.75 Å². The molecule has 1 aliphatic heterocycles. The van der Waals surface area contributed by atoms with Crippen LogP contribution in [0.2, 0.25) is 0 Å². The van der Waals surface area contributed by atoms with Gasteiger partial charge in [-0.2, -0.15) is 0 Å². The molecule has 3 heterocycles. The van der Waals surface area contributed by atoms with Crippen molar-refractivity contribution < 1.29 is 9.13 Å². The Morgan fingerprint density at radius 2 is 1.82 bits per heavy atom. The van der Waals surface area contributed by atoms with Gasteiger partial charge in [0.2, 0.25) is 0 Å². The molecule has 0 amide bonds. The summed E-state index contributed by atoms with van der Waals surface area (Å²) in [6.07, 6.45) is 7.93. The van der Waals surface area contributed by atoms with E-state index in [0.717, 1.165) is 66.7 Å². The maximum atomic E-state index is 14.2. The Morgan fingerprint density at radius 3 is 2.62 bits per heavy atom. The fourth-order valence-corrected chi connectivity index (χ4v) is 7.17. The molecule has 0 unspecified atom stereocenters. The molecule has 2 aromatic carbocycles. The van der Waals surface area contributed by atoms with E-state index in [9.17, 15) is 4.39 Å². The van der Waals surface area contributed by atoms with Gasteiger partial charge in [0.25, 0.3) is 0 Å². The highest BCUT2D eigenvalue weighted by Gasteiger charge is 2.42. The number of methoxy groups -OCH3 is 1. The predicted molar refractivity (Wildman–Crippen MR) is 139 cm³/mol. The lowest BCUT2D eigenvalue weighted by Crippen LogP contribution is -2.56. The zero-order valence-corrected chi connectivity index (χ0v) is 20.4. The van der Waals surface area contributed by atoms with Crippen molar-refractivity contribution in [3.63, 3.8) is 0 Å². The van der Waals surface area contributed by atoms with Crippen molar-refractivity contribution >= 4 is 38.0 Å². The number of pyridine rings is 1. The largest absolute Gasteiger partial charge is 0.497 e. The molecule has 2 aromatic heterocycles. The quantitative estimate of drug-likeness (QED) is 0.333. The van der Waals surface area contributed by atoms with E-state index in [1.54, 1.807) is 30.6 Å². The van der Waals surface area contributed by atoms with Gasteiger partial charge in [-0.05, 0) is 54.1 Å². The number of aromatic nitrogens is 1. The minimum Gasteiger partial charge on any atom is -0.497 e. The van der Waals surface area contributed by atoms with Gasteiger partial charge in [0.15, 0.2) is 0 Å². The van der Waals surface area contributed by atoms with Crippen LogP contribution in [0.1, 0.15) is 37.7 Å². The van der Waals surface area contributed by atoms with Crippen LogP contribution in [0.5, 0.6) is 5.75 Å². The highest BCUT2D eigenvalue weighted by Crippen LogP contribution is 2.47. The molecular formula is C28H30FN3OS. The maximum absolute atomic E-state index is 14.2. The molecule has 0 bridgehead atoms. The second-order valence-corrected chi connectivity index (χ2v) is 10.5. The number of halogens is 1. The van der Waals surface area contributed by atoms with Crippen molar-refractivity contribution in [2.24, 2.45) is 0 Å². The molecule has 1 aliphatic carbocycles. The van der Waals surface area contributed by atoms with Crippen LogP contribution in [0.15, 0.2) is 54.0 Å². The van der Waals surface area contributed by atoms with Crippen LogP contribution in [0.25, 0.3) is 21.0 Å². The summed E-state index contributed by atoms with van der Waals surface area (Å²) in [5.74, 6) is 0.730. The molecule has 0 radical (unpaired) electrons. The number of thiophene rings is 1. The van der Waals surface area contributed by atoms with Crippen LogP contribution in [0, 0.1) is 5.82 Å². The molecule has 1 saturated heterocycles. The Labute approximate surface area is 204 Å². The Kier molecular flexibility index (Phi) is 5.66. The Morgan fingerprint density at radius 1 is 1.00 bits per heavy atom. The van der Waals surface area contributed by atoms with Gasteiger partial charge in [-0.25, -0.2) is 4.39 Å². The molecule has 4 aromatic rings. The Balaban J connectivity index is 1.33. The number of benzene rings is 2. The number of hydrogen-bond acceptors (Lipinski definition) is 5. The van der Waals surface area contributed by atoms with E-state index in [0.29, 0.717) is 0 Å². The van der Waals surface area contributed by atoms with Gasteiger partial charge >= 0.3 is 0 Å². The summed E-state index contributed by atoms with van der Waals surface area (Å²) in [5, 5.41) is 4.52. The third-order valence-electron chi connectivity index (χ3n) is 7.84. The molecule has 0 spiro atoms. The summed E-state index contributed by atoms with van der Waals surface area (Å²) < 4.78 is 21.0. The minimum absolute atomic E-state index is 0.00504. The van der Waals surface area contributed by atoms with Crippen molar-refractivity contribution in [2.75, 3.05) is 38.2 Å². The molecular weight excluding hydrogens is 445 g/mol. The predicted octanol–water partition coefficient (Wildman–Crippen LogP) is 6.58. The van der Waals surface area contributed by atoms with Crippen LogP contribution in [-0.2, 0) is 5.54 Å². The number of anilines is 1. The summed E-state index contributed by atoms with van der Waals surface area (Å²) in [5.41, 5.74) is 3.53. The van der Waals surface area contributed by atoms with Gasteiger partial charge in [0.05, 0.1) is 18.3 Å². The van der Waals surface area contributed by atoms with E-state index in [1.807, 2.05) is 18.3 Å². The van der Waals surface area contributed by atoms with E-state index < -0.39 is 0 Å². The van der Waals surface area contributed by atoms with E-state index in [1.165, 1.54) is 29.5 Å². The Bertz CT molecular complexity index is 1320. The fourth-order valence-electron chi connectivity index (χ4n) is 6.13. The third-order valence-corrected chi connectivity index (χ3v) is 8.80. The van der Waals surface area contributed by atoms with Crippen LogP contribution in [0.3, 0.4) is 0 Å². The molecule has 6 rings (SSSR count). The summed E-state index contributed by atoms with van der Waals surface area (Å²) in [7, 11) is 1.72. The topological polar surface area (TPSA) is 28.6 Å². The molecule has 6 heteroatoms. The summed E-state index contributed by atoms with van der Waals surface area (Å²) >= 11 is 1.76. The zero-order valence-electron chi connectivity index (χ0n) is 19.6. The first-order valence-electron chi connectivity index (χ1n) is 12.3. The van der Waals surface area contributed by atoms with Gasteiger partial charge in [0, 0.05) is 59.5 Å². The van der Waals surface area contributed by atoms with Crippen molar-refractivity contribution in [1.82, 2.24) is 9.88 Å². The molecule has 2 fully saturated rings. The highest BCUT2D eigenvalue weighted by atomic mass is 32.1. The van der Waals surface area contributed by atoms with Gasteiger partial charge < -0.3 is 9.64 Å². The lowest BCUT2D eigenvalue weighted by Gasteiger charge is -2.50. The van der Waals surface area contributed by atoms with Crippen molar-refractivity contribution in [2.45, 2.75) is 37.6 Å². The molecule has 2 aliphatic rings. The van der Waals surface area contributed by atoms with Crippen LogP contribution < -0.4 is 9.64 Å². The number of hydrogen-bond donors (Lipinski definition) is 0. The SMILES string of the molecule is COc1cc(N2CCN(C3(c4csc5ccc(F)cc45)CCCCC3)CC2)c2ncccc2c1. The molecule has 1 saturated carbocycles. The summed E-state index contributed by atoms with van der Waals surface area (Å²) in [4.78, 5) is 9.85. The third kappa shape index (κ3) is 3.64. The molecule has 0 N–H and O–H groups in total. The number of piperazine rings is 1. The number of ether oxygens (including phenoxy) is 1. The lowest BCUT2D eigenvalue weighted by molar-refractivity contribution is 0.0432. The Hall–Kier alpha value is -2.70. The van der Waals surface area contributed by atoms with Crippen molar-refractivity contribution in [1.29, 1.82) is 0 Å². The maximum Gasteiger partial charge on any atom is 0.123 e. The van der Waals surface area contributed by atoms with E-state index in [2.05, 4.69) is 33.4 Å². The van der Waals surface area contributed by atoms with E-state index in [-0.39, 0.29) is 11.4 Å². The fraction of sp³-hybridized carbons (Fsp3) is 0.393. The first-order chi connectivity index (χ1) is 16.7. The van der Waals surface area contributed by atoms with E-state index >= 15 is 0 Å². The van der Waals surface area contributed by atoms with Crippen LogP contribution >= 0.6 is 11.3 Å². The number of nitrogens with zero attached hydrogens (tertiary/aromatic N) is 3. The standard InChI is InChI=1S/C28H30FN3OS/c1-33-22-16-20-6-5-11-30-27(20)25(18-22)31-12-14-32(15-13-31)28(9-3-2-4-10-28)24-19-34-26-8-7-21(29)17-23(24)26/h5-8,11,16-19H,2-4,9-10,12-15H2,1H3. The molecule has 4 nitrogen and oxygen atoms in total. The first-order valence-corrected chi connectivity index (χ1v) is 13.2. The number of fused-ring (bicyclic) bond motifs is 2.